The molecule has 3 aliphatic carbocycles. The first-order valence-corrected chi connectivity index (χ1v) is 17.4. The number of hydrogen-bond acceptors (Lipinski definition) is 8. The van der Waals surface area contributed by atoms with E-state index in [1.807, 2.05) is 20.8 Å². The summed E-state index contributed by atoms with van der Waals surface area (Å²) in [5.41, 5.74) is -0.796. The maximum Gasteiger partial charge on any atom is 0.187 e. The zero-order chi connectivity index (χ0) is 32.6. The maximum absolute atomic E-state index is 11.8. The molecule has 8 heteroatoms. The van der Waals surface area contributed by atoms with Crippen LogP contribution in [0.5, 0.6) is 0 Å². The van der Waals surface area contributed by atoms with Crippen molar-refractivity contribution in [1.29, 1.82) is 0 Å². The molecule has 5 rings (SSSR count). The van der Waals surface area contributed by atoms with Crippen molar-refractivity contribution in [3.05, 3.63) is 11.6 Å². The number of rotatable bonds is 5. The van der Waals surface area contributed by atoms with Crippen LogP contribution in [0.1, 0.15) is 120 Å². The first-order chi connectivity index (χ1) is 20.2. The lowest BCUT2D eigenvalue weighted by molar-refractivity contribution is -0.323. The van der Waals surface area contributed by atoms with Gasteiger partial charge in [-0.15, -0.1) is 0 Å². The number of hydrogen-bond donors (Lipinski definition) is 5. The quantitative estimate of drug-likeness (QED) is 0.275. The summed E-state index contributed by atoms with van der Waals surface area (Å²) in [5.74, 6) is 0.990. The SMILES string of the molecule is CC1=CC[C@@H]2[C@@H](CC[C@@]2(C)OC2O[C@@H](C)[C@H](O)[C@@H](O)C2O)C(C)(C)[C@H]1CC[C@H]1[C@@](C)(O)CCC2OC(C)(C)[C@H](O)CC[C@@]21C. The van der Waals surface area contributed by atoms with E-state index in [2.05, 4.69) is 40.7 Å². The third-order valence-electron chi connectivity index (χ3n) is 13.7. The lowest BCUT2D eigenvalue weighted by Gasteiger charge is -2.54. The van der Waals surface area contributed by atoms with Gasteiger partial charge in [-0.25, -0.2) is 0 Å². The maximum atomic E-state index is 11.8. The van der Waals surface area contributed by atoms with E-state index in [1.165, 1.54) is 5.57 Å². The van der Waals surface area contributed by atoms with Crippen LogP contribution >= 0.6 is 0 Å². The lowest BCUT2D eigenvalue weighted by Crippen LogP contribution is -2.59. The molecule has 4 fully saturated rings. The lowest BCUT2D eigenvalue weighted by atomic mass is 9.55. The first kappa shape index (κ1) is 34.7. The van der Waals surface area contributed by atoms with Gasteiger partial charge in [0.25, 0.3) is 0 Å². The van der Waals surface area contributed by atoms with Crippen LogP contribution in [0.25, 0.3) is 0 Å². The molecular weight excluding hydrogens is 560 g/mol. The Balaban J connectivity index is 1.35. The Bertz CT molecular complexity index is 1070. The van der Waals surface area contributed by atoms with E-state index in [4.69, 9.17) is 14.2 Å². The van der Waals surface area contributed by atoms with Gasteiger partial charge in [0.2, 0.25) is 0 Å². The Labute approximate surface area is 265 Å². The number of ether oxygens (including phenoxy) is 3. The van der Waals surface area contributed by atoms with Gasteiger partial charge < -0.3 is 39.7 Å². The second-order valence-electron chi connectivity index (χ2n) is 17.2. The van der Waals surface area contributed by atoms with Crippen LogP contribution in [0.15, 0.2) is 11.6 Å². The van der Waals surface area contributed by atoms with Crippen molar-refractivity contribution in [3.8, 4) is 0 Å². The molecule has 2 saturated heterocycles. The van der Waals surface area contributed by atoms with Gasteiger partial charge in [-0.3, -0.25) is 0 Å². The normalized spacial score (nSPS) is 52.3. The summed E-state index contributed by atoms with van der Waals surface area (Å²) in [6.45, 7) is 19.2. The predicted molar refractivity (Wildman–Crippen MR) is 169 cm³/mol. The second kappa shape index (κ2) is 11.8. The van der Waals surface area contributed by atoms with Crippen molar-refractivity contribution in [2.24, 2.45) is 34.5 Å². The largest absolute Gasteiger partial charge is 0.390 e. The molecule has 0 aromatic carbocycles. The summed E-state index contributed by atoms with van der Waals surface area (Å²) in [6.07, 6.45) is 4.06. The highest BCUT2D eigenvalue weighted by Crippen LogP contribution is 2.60. The minimum absolute atomic E-state index is 0.00966. The Morgan fingerprint density at radius 3 is 2.20 bits per heavy atom. The molecule has 0 bridgehead atoms. The van der Waals surface area contributed by atoms with E-state index >= 15 is 0 Å². The van der Waals surface area contributed by atoms with E-state index in [-0.39, 0.29) is 28.8 Å². The average Bonchev–Trinajstić information content (AvgIpc) is 3.18. The Morgan fingerprint density at radius 2 is 1.52 bits per heavy atom. The van der Waals surface area contributed by atoms with Crippen LogP contribution < -0.4 is 0 Å². The highest BCUT2D eigenvalue weighted by Gasteiger charge is 2.59. The minimum atomic E-state index is -1.31. The van der Waals surface area contributed by atoms with Gasteiger partial charge in [-0.2, -0.15) is 0 Å². The molecule has 2 saturated carbocycles. The third-order valence-corrected chi connectivity index (χ3v) is 13.7. The minimum Gasteiger partial charge on any atom is -0.390 e. The molecule has 8 nitrogen and oxygen atoms in total. The number of aliphatic hydroxyl groups excluding tert-OH is 4. The van der Waals surface area contributed by atoms with E-state index in [1.54, 1.807) is 6.92 Å². The summed E-state index contributed by atoms with van der Waals surface area (Å²) < 4.78 is 19.1. The van der Waals surface area contributed by atoms with Crippen molar-refractivity contribution in [3.63, 3.8) is 0 Å². The highest BCUT2D eigenvalue weighted by molar-refractivity contribution is 5.18. The predicted octanol–water partition coefficient (Wildman–Crippen LogP) is 4.87. The summed E-state index contributed by atoms with van der Waals surface area (Å²) in [6, 6.07) is 0. The highest BCUT2D eigenvalue weighted by atomic mass is 16.7. The molecular formula is C36H62O8. The van der Waals surface area contributed by atoms with Crippen molar-refractivity contribution in [1.82, 2.24) is 0 Å². The van der Waals surface area contributed by atoms with Crippen molar-refractivity contribution < 1.29 is 39.7 Å². The molecule has 2 heterocycles. The van der Waals surface area contributed by atoms with Crippen LogP contribution in [0.4, 0.5) is 0 Å². The van der Waals surface area contributed by atoms with Gasteiger partial charge in [0.1, 0.15) is 18.3 Å². The van der Waals surface area contributed by atoms with Gasteiger partial charge in [0.15, 0.2) is 6.29 Å². The fourth-order valence-corrected chi connectivity index (χ4v) is 10.6. The summed E-state index contributed by atoms with van der Waals surface area (Å²) in [5, 5.41) is 54.1. The molecule has 0 spiro atoms. The van der Waals surface area contributed by atoms with Crippen LogP contribution in [0.3, 0.4) is 0 Å². The van der Waals surface area contributed by atoms with Crippen molar-refractivity contribution in [2.45, 2.75) is 180 Å². The third kappa shape index (κ3) is 5.86. The molecule has 3 unspecified atom stereocenters. The van der Waals surface area contributed by atoms with Gasteiger partial charge in [-0.1, -0.05) is 32.4 Å². The van der Waals surface area contributed by atoms with Gasteiger partial charge in [0, 0.05) is 0 Å². The zero-order valence-electron chi connectivity index (χ0n) is 28.8. The van der Waals surface area contributed by atoms with Crippen LogP contribution in [0.2, 0.25) is 0 Å². The van der Waals surface area contributed by atoms with E-state index in [9.17, 15) is 25.5 Å². The molecule has 0 aromatic rings. The first-order valence-electron chi connectivity index (χ1n) is 17.4. The van der Waals surface area contributed by atoms with Crippen LogP contribution in [-0.4, -0.2) is 85.2 Å². The Hall–Kier alpha value is -0.580. The van der Waals surface area contributed by atoms with Gasteiger partial charge >= 0.3 is 0 Å². The van der Waals surface area contributed by atoms with Gasteiger partial charge in [0.05, 0.1) is 35.1 Å². The number of fused-ring (bicyclic) bond motifs is 2. The average molecular weight is 623 g/mol. The van der Waals surface area contributed by atoms with Crippen LogP contribution in [0, 0.1) is 34.5 Å². The monoisotopic (exact) mass is 622 g/mol. The van der Waals surface area contributed by atoms with Crippen LogP contribution in [-0.2, 0) is 14.2 Å². The fraction of sp³-hybridized carbons (Fsp3) is 0.944. The number of aliphatic hydroxyl groups is 5. The Kier molecular flexibility index (Phi) is 9.35. The van der Waals surface area contributed by atoms with Crippen molar-refractivity contribution in [2.75, 3.05) is 0 Å². The fourth-order valence-electron chi connectivity index (χ4n) is 10.6. The van der Waals surface area contributed by atoms with E-state index in [0.29, 0.717) is 24.7 Å². The van der Waals surface area contributed by atoms with Gasteiger partial charge in [-0.05, 0) is 134 Å². The molecule has 5 aliphatic rings. The smallest absolute Gasteiger partial charge is 0.187 e. The van der Waals surface area contributed by atoms with E-state index in [0.717, 1.165) is 44.9 Å². The summed E-state index contributed by atoms with van der Waals surface area (Å²) in [4.78, 5) is 0. The molecule has 0 radical (unpaired) electrons. The topological polar surface area (TPSA) is 129 Å². The summed E-state index contributed by atoms with van der Waals surface area (Å²) in [7, 11) is 0. The van der Waals surface area contributed by atoms with E-state index < -0.39 is 53.6 Å². The molecule has 14 atom stereocenters. The number of allylic oxidation sites excluding steroid dienone is 2. The molecule has 44 heavy (non-hydrogen) atoms. The molecule has 0 amide bonds. The molecule has 5 N–H and O–H groups in total. The molecule has 0 aromatic heterocycles. The van der Waals surface area contributed by atoms with Crippen molar-refractivity contribution >= 4 is 0 Å². The second-order valence-corrected chi connectivity index (χ2v) is 17.2. The Morgan fingerprint density at radius 1 is 0.841 bits per heavy atom. The zero-order valence-corrected chi connectivity index (χ0v) is 28.8. The molecule has 254 valence electrons. The summed E-state index contributed by atoms with van der Waals surface area (Å²) >= 11 is 0. The standard InChI is InChI=1S/C36H62O8/c1-20-10-11-24-23(14-19-36(24,9)44-31-30(40)29(39)28(38)21(2)42-31)32(3,4)22(20)12-13-25-34(7)17-15-26(37)33(5,6)43-27(34)16-18-35(25,8)41/h10,21-31,37-41H,11-19H2,1-9H3/t21-,22-,23+,24+,25+,26+,27?,28-,29+,30?,31?,34+,35-,36+/m0/s1. The molecule has 2 aliphatic heterocycles.